The number of carboxylic acids is 1. The Hall–Kier alpha value is -2.63. The molecular weight excluding hydrogens is 246 g/mol. The highest BCUT2D eigenvalue weighted by molar-refractivity contribution is 5.81. The Morgan fingerprint density at radius 3 is 3.11 bits per heavy atom. The summed E-state index contributed by atoms with van der Waals surface area (Å²) in [5.41, 5.74) is 3.57. The number of benzene rings is 1. The maximum absolute atomic E-state index is 10.9. The standard InChI is InChI=1S/C13H11N3O3/c1-16-6-9(5-12(17)18)13(15-16)8-2-3-10-11(4-8)19-7-14-10/h2-4,6-7H,5H2,1H3,(H,17,18). The molecule has 3 rings (SSSR count). The van der Waals surface area contributed by atoms with Gasteiger partial charge in [0.1, 0.15) is 5.52 Å². The monoisotopic (exact) mass is 257 g/mol. The van der Waals surface area contributed by atoms with Crippen molar-refractivity contribution in [2.75, 3.05) is 0 Å². The number of hydrogen-bond donors (Lipinski definition) is 1. The van der Waals surface area contributed by atoms with E-state index in [9.17, 15) is 4.79 Å². The minimum absolute atomic E-state index is 0.0579. The third-order valence-electron chi connectivity index (χ3n) is 2.85. The molecule has 3 aromatic rings. The van der Waals surface area contributed by atoms with Crippen LogP contribution in [0.1, 0.15) is 5.56 Å². The van der Waals surface area contributed by atoms with E-state index in [1.165, 1.54) is 6.39 Å². The summed E-state index contributed by atoms with van der Waals surface area (Å²) < 4.78 is 6.86. The molecule has 0 radical (unpaired) electrons. The van der Waals surface area contributed by atoms with E-state index in [1.54, 1.807) is 17.9 Å². The zero-order chi connectivity index (χ0) is 13.4. The Labute approximate surface area is 108 Å². The molecule has 6 heteroatoms. The first kappa shape index (κ1) is 11.5. The number of rotatable bonds is 3. The van der Waals surface area contributed by atoms with Crippen molar-refractivity contribution >= 4 is 17.1 Å². The van der Waals surface area contributed by atoms with Gasteiger partial charge in [-0.2, -0.15) is 5.10 Å². The van der Waals surface area contributed by atoms with Crippen LogP contribution < -0.4 is 0 Å². The average molecular weight is 257 g/mol. The third-order valence-corrected chi connectivity index (χ3v) is 2.85. The number of carbonyl (C=O) groups is 1. The molecule has 1 N–H and O–H groups in total. The van der Waals surface area contributed by atoms with Gasteiger partial charge in [0, 0.05) is 24.4 Å². The highest BCUT2D eigenvalue weighted by atomic mass is 16.4. The SMILES string of the molecule is Cn1cc(CC(=O)O)c(-c2ccc3ncoc3c2)n1. The summed E-state index contributed by atoms with van der Waals surface area (Å²) in [6, 6.07) is 5.50. The minimum Gasteiger partial charge on any atom is -0.481 e. The van der Waals surface area contributed by atoms with Crippen molar-refractivity contribution in [1.29, 1.82) is 0 Å². The first-order valence-electron chi connectivity index (χ1n) is 5.71. The van der Waals surface area contributed by atoms with Gasteiger partial charge < -0.3 is 9.52 Å². The van der Waals surface area contributed by atoms with Crippen LogP contribution in [0.15, 0.2) is 35.2 Å². The Bertz CT molecular complexity index is 757. The van der Waals surface area contributed by atoms with Gasteiger partial charge in [0.05, 0.1) is 12.1 Å². The molecule has 0 aliphatic carbocycles. The fourth-order valence-corrected chi connectivity index (χ4v) is 2.08. The number of hydrogen-bond acceptors (Lipinski definition) is 4. The molecule has 0 unspecified atom stereocenters. The lowest BCUT2D eigenvalue weighted by molar-refractivity contribution is -0.136. The molecule has 0 aliphatic rings. The largest absolute Gasteiger partial charge is 0.481 e. The van der Waals surface area contributed by atoms with Crippen molar-refractivity contribution in [1.82, 2.24) is 14.8 Å². The zero-order valence-corrected chi connectivity index (χ0v) is 10.2. The summed E-state index contributed by atoms with van der Waals surface area (Å²) in [7, 11) is 1.77. The van der Waals surface area contributed by atoms with Crippen molar-refractivity contribution in [3.8, 4) is 11.3 Å². The molecule has 96 valence electrons. The van der Waals surface area contributed by atoms with E-state index in [-0.39, 0.29) is 6.42 Å². The first-order valence-corrected chi connectivity index (χ1v) is 5.71. The molecule has 0 saturated heterocycles. The van der Waals surface area contributed by atoms with Gasteiger partial charge in [-0.3, -0.25) is 9.48 Å². The average Bonchev–Trinajstić information content (AvgIpc) is 2.93. The molecule has 0 aliphatic heterocycles. The van der Waals surface area contributed by atoms with Crippen molar-refractivity contribution < 1.29 is 14.3 Å². The molecule has 1 aromatic carbocycles. The van der Waals surface area contributed by atoms with E-state index in [0.717, 1.165) is 11.1 Å². The summed E-state index contributed by atoms with van der Waals surface area (Å²) in [6.07, 6.45) is 3.04. The molecule has 2 heterocycles. The van der Waals surface area contributed by atoms with Crippen LogP contribution in [0.5, 0.6) is 0 Å². The molecule has 0 fully saturated rings. The highest BCUT2D eigenvalue weighted by Crippen LogP contribution is 2.25. The summed E-state index contributed by atoms with van der Waals surface area (Å²) >= 11 is 0. The lowest BCUT2D eigenvalue weighted by atomic mass is 10.1. The smallest absolute Gasteiger partial charge is 0.307 e. The minimum atomic E-state index is -0.880. The predicted octanol–water partition coefficient (Wildman–Crippen LogP) is 1.86. The Kier molecular flexibility index (Phi) is 2.56. The van der Waals surface area contributed by atoms with Gasteiger partial charge in [0.2, 0.25) is 0 Å². The van der Waals surface area contributed by atoms with E-state index in [4.69, 9.17) is 9.52 Å². The quantitative estimate of drug-likeness (QED) is 0.774. The lowest BCUT2D eigenvalue weighted by Crippen LogP contribution is -2.00. The van der Waals surface area contributed by atoms with Crippen LogP contribution in [0.3, 0.4) is 0 Å². The van der Waals surface area contributed by atoms with Gasteiger partial charge in [-0.05, 0) is 12.1 Å². The number of oxazole rings is 1. The van der Waals surface area contributed by atoms with E-state index in [0.29, 0.717) is 16.8 Å². The van der Waals surface area contributed by atoms with Crippen LogP contribution >= 0.6 is 0 Å². The van der Waals surface area contributed by atoms with Crippen LogP contribution in [0.2, 0.25) is 0 Å². The fraction of sp³-hybridized carbons (Fsp3) is 0.154. The van der Waals surface area contributed by atoms with E-state index in [2.05, 4.69) is 10.1 Å². The summed E-state index contributed by atoms with van der Waals surface area (Å²) in [6.45, 7) is 0. The highest BCUT2D eigenvalue weighted by Gasteiger charge is 2.14. The fourth-order valence-electron chi connectivity index (χ4n) is 2.08. The van der Waals surface area contributed by atoms with Crippen LogP contribution in [0.25, 0.3) is 22.4 Å². The number of aryl methyl sites for hydroxylation is 1. The van der Waals surface area contributed by atoms with E-state index in [1.807, 2.05) is 18.2 Å². The van der Waals surface area contributed by atoms with Crippen molar-refractivity contribution in [3.63, 3.8) is 0 Å². The van der Waals surface area contributed by atoms with Gasteiger partial charge in [0.25, 0.3) is 0 Å². The molecule has 0 spiro atoms. The molecule has 0 atom stereocenters. The van der Waals surface area contributed by atoms with Crippen LogP contribution in [-0.2, 0) is 18.3 Å². The Morgan fingerprint density at radius 2 is 2.32 bits per heavy atom. The maximum atomic E-state index is 10.9. The van der Waals surface area contributed by atoms with Gasteiger partial charge in [0.15, 0.2) is 12.0 Å². The molecule has 6 nitrogen and oxygen atoms in total. The number of nitrogens with zero attached hydrogens (tertiary/aromatic N) is 3. The van der Waals surface area contributed by atoms with E-state index < -0.39 is 5.97 Å². The summed E-state index contributed by atoms with van der Waals surface area (Å²) in [5, 5.41) is 13.2. The Balaban J connectivity index is 2.11. The number of carboxylic acid groups (broad SMARTS) is 1. The normalized spacial score (nSPS) is 11.0. The van der Waals surface area contributed by atoms with Gasteiger partial charge in [-0.25, -0.2) is 4.98 Å². The topological polar surface area (TPSA) is 81.2 Å². The second kappa shape index (κ2) is 4.24. The number of aliphatic carboxylic acids is 1. The number of fused-ring (bicyclic) bond motifs is 1. The molecule has 0 saturated carbocycles. The molecular formula is C13H11N3O3. The van der Waals surface area contributed by atoms with Crippen molar-refractivity contribution in [2.24, 2.45) is 7.05 Å². The van der Waals surface area contributed by atoms with Crippen molar-refractivity contribution in [2.45, 2.75) is 6.42 Å². The third kappa shape index (κ3) is 2.08. The van der Waals surface area contributed by atoms with Crippen LogP contribution in [0, 0.1) is 0 Å². The second-order valence-electron chi connectivity index (χ2n) is 4.28. The van der Waals surface area contributed by atoms with Crippen molar-refractivity contribution in [3.05, 3.63) is 36.4 Å². The lowest BCUT2D eigenvalue weighted by Gasteiger charge is -2.00. The zero-order valence-electron chi connectivity index (χ0n) is 10.2. The van der Waals surface area contributed by atoms with Gasteiger partial charge in [-0.15, -0.1) is 0 Å². The summed E-state index contributed by atoms with van der Waals surface area (Å²) in [5.74, 6) is -0.880. The predicted molar refractivity (Wildman–Crippen MR) is 67.6 cm³/mol. The first-order chi connectivity index (χ1) is 9.13. The Morgan fingerprint density at radius 1 is 1.47 bits per heavy atom. The van der Waals surface area contributed by atoms with Gasteiger partial charge >= 0.3 is 5.97 Å². The van der Waals surface area contributed by atoms with Gasteiger partial charge in [-0.1, -0.05) is 6.07 Å². The van der Waals surface area contributed by atoms with E-state index >= 15 is 0 Å². The number of aromatic nitrogens is 3. The molecule has 2 aromatic heterocycles. The molecule has 0 amide bonds. The maximum Gasteiger partial charge on any atom is 0.307 e. The second-order valence-corrected chi connectivity index (χ2v) is 4.28. The summed E-state index contributed by atoms with van der Waals surface area (Å²) in [4.78, 5) is 14.9. The van der Waals surface area contributed by atoms with Crippen LogP contribution in [-0.4, -0.2) is 25.8 Å². The van der Waals surface area contributed by atoms with Crippen LogP contribution in [0.4, 0.5) is 0 Å². The molecule has 19 heavy (non-hydrogen) atoms. The molecule has 0 bridgehead atoms.